The van der Waals surface area contributed by atoms with E-state index < -0.39 is 0 Å². The molecule has 3 heteroatoms. The van der Waals surface area contributed by atoms with E-state index >= 15 is 0 Å². The lowest BCUT2D eigenvalue weighted by molar-refractivity contribution is 0.626. The number of benzene rings is 1. The third-order valence-corrected chi connectivity index (χ3v) is 3.90. The van der Waals surface area contributed by atoms with Gasteiger partial charge in [-0.15, -0.1) is 11.8 Å². The van der Waals surface area contributed by atoms with Crippen LogP contribution < -0.4 is 5.73 Å². The zero-order valence-electron chi connectivity index (χ0n) is 10.5. The van der Waals surface area contributed by atoms with Crippen LogP contribution >= 0.6 is 11.8 Å². The Morgan fingerprint density at radius 2 is 1.82 bits per heavy atom. The summed E-state index contributed by atoms with van der Waals surface area (Å²) in [4.78, 5) is 1.000. The second kappa shape index (κ2) is 8.40. The molecule has 0 saturated heterocycles. The van der Waals surface area contributed by atoms with Crippen LogP contribution in [0.1, 0.15) is 45.4 Å². The van der Waals surface area contributed by atoms with Gasteiger partial charge in [0, 0.05) is 10.6 Å². The second-order valence-electron chi connectivity index (χ2n) is 4.30. The van der Waals surface area contributed by atoms with Crippen molar-refractivity contribution in [3.8, 4) is 0 Å². The number of nitrogens with two attached hydrogens (primary N) is 1. The molecule has 0 fully saturated rings. The zero-order valence-corrected chi connectivity index (χ0v) is 11.4. The smallest absolute Gasteiger partial charge is 0.125 e. The Morgan fingerprint density at radius 3 is 2.53 bits per heavy atom. The maximum Gasteiger partial charge on any atom is 0.125 e. The monoisotopic (exact) mass is 255 g/mol. The van der Waals surface area contributed by atoms with Crippen LogP contribution in [0.2, 0.25) is 0 Å². The first kappa shape index (κ1) is 14.4. The lowest BCUT2D eigenvalue weighted by atomic mass is 10.1. The molecule has 0 aromatic heterocycles. The summed E-state index contributed by atoms with van der Waals surface area (Å²) in [5.41, 5.74) is 6.30. The molecule has 0 bridgehead atoms. The number of rotatable bonds is 8. The van der Waals surface area contributed by atoms with E-state index in [0.717, 1.165) is 10.6 Å². The van der Waals surface area contributed by atoms with E-state index in [1.54, 1.807) is 17.8 Å². The van der Waals surface area contributed by atoms with Gasteiger partial charge in [-0.05, 0) is 30.4 Å². The summed E-state index contributed by atoms with van der Waals surface area (Å²) in [6, 6.07) is 4.63. The number of hydrogen-bond donors (Lipinski definition) is 1. The molecule has 1 nitrogen and oxygen atoms in total. The lowest BCUT2D eigenvalue weighted by Crippen LogP contribution is -1.91. The molecule has 1 aromatic rings. The first-order chi connectivity index (χ1) is 8.24. The molecule has 2 N–H and O–H groups in total. The minimum Gasteiger partial charge on any atom is -0.398 e. The Hall–Kier alpha value is -0.700. The van der Waals surface area contributed by atoms with E-state index in [4.69, 9.17) is 5.73 Å². The van der Waals surface area contributed by atoms with Gasteiger partial charge in [0.25, 0.3) is 0 Å². The van der Waals surface area contributed by atoms with Crippen molar-refractivity contribution in [3.63, 3.8) is 0 Å². The molecule has 1 aromatic carbocycles. The molecule has 0 atom stereocenters. The normalized spacial score (nSPS) is 10.7. The maximum atomic E-state index is 12.8. The molecule has 0 saturated carbocycles. The van der Waals surface area contributed by atoms with Crippen molar-refractivity contribution in [1.29, 1.82) is 0 Å². The Kier molecular flexibility index (Phi) is 7.10. The lowest BCUT2D eigenvalue weighted by Gasteiger charge is -2.05. The molecular weight excluding hydrogens is 233 g/mol. The van der Waals surface area contributed by atoms with Crippen molar-refractivity contribution in [3.05, 3.63) is 24.0 Å². The fourth-order valence-corrected chi connectivity index (χ4v) is 2.67. The van der Waals surface area contributed by atoms with E-state index in [0.29, 0.717) is 5.69 Å². The topological polar surface area (TPSA) is 26.0 Å². The van der Waals surface area contributed by atoms with Gasteiger partial charge in [0.05, 0.1) is 0 Å². The number of hydrogen-bond acceptors (Lipinski definition) is 2. The molecule has 0 spiro atoms. The molecule has 0 aliphatic carbocycles. The highest BCUT2D eigenvalue weighted by atomic mass is 32.2. The largest absolute Gasteiger partial charge is 0.398 e. The predicted molar refractivity (Wildman–Crippen MR) is 74.9 cm³/mol. The SMILES string of the molecule is CCCCCCCCSc1ccc(F)cc1N. The Labute approximate surface area is 108 Å². The summed E-state index contributed by atoms with van der Waals surface area (Å²) in [7, 11) is 0. The zero-order chi connectivity index (χ0) is 12.5. The number of nitrogen functional groups attached to an aromatic ring is 1. The van der Waals surface area contributed by atoms with E-state index in [-0.39, 0.29) is 5.82 Å². The maximum absolute atomic E-state index is 12.8. The number of halogens is 1. The van der Waals surface area contributed by atoms with Gasteiger partial charge in [0.15, 0.2) is 0 Å². The minimum absolute atomic E-state index is 0.258. The molecule has 0 radical (unpaired) electrons. The van der Waals surface area contributed by atoms with Crippen molar-refractivity contribution in [2.24, 2.45) is 0 Å². The molecule has 0 aliphatic rings. The van der Waals surface area contributed by atoms with Crippen LogP contribution in [0, 0.1) is 5.82 Å². The summed E-state index contributed by atoms with van der Waals surface area (Å²) < 4.78 is 12.8. The molecule has 96 valence electrons. The third kappa shape index (κ3) is 5.97. The number of unbranched alkanes of at least 4 members (excludes halogenated alkanes) is 5. The van der Waals surface area contributed by atoms with Gasteiger partial charge in [-0.25, -0.2) is 4.39 Å². The van der Waals surface area contributed by atoms with Crippen LogP contribution in [0.4, 0.5) is 10.1 Å². The highest BCUT2D eigenvalue weighted by Gasteiger charge is 2.01. The van der Waals surface area contributed by atoms with Gasteiger partial charge < -0.3 is 5.73 Å². The van der Waals surface area contributed by atoms with Crippen molar-refractivity contribution in [2.75, 3.05) is 11.5 Å². The molecule has 0 aliphatic heterocycles. The van der Waals surface area contributed by atoms with Gasteiger partial charge in [0.1, 0.15) is 5.82 Å². The van der Waals surface area contributed by atoms with Gasteiger partial charge >= 0.3 is 0 Å². The van der Waals surface area contributed by atoms with Gasteiger partial charge in [-0.1, -0.05) is 39.0 Å². The first-order valence-corrected chi connectivity index (χ1v) is 7.40. The summed E-state index contributed by atoms with van der Waals surface area (Å²) in [5, 5.41) is 0. The average Bonchev–Trinajstić information content (AvgIpc) is 2.30. The van der Waals surface area contributed by atoms with Crippen LogP contribution in [0.25, 0.3) is 0 Å². The van der Waals surface area contributed by atoms with Gasteiger partial charge in [-0.2, -0.15) is 0 Å². The van der Waals surface area contributed by atoms with Crippen LogP contribution in [-0.4, -0.2) is 5.75 Å². The average molecular weight is 255 g/mol. The van der Waals surface area contributed by atoms with Crippen molar-refractivity contribution >= 4 is 17.4 Å². The molecule has 0 unspecified atom stereocenters. The molecule has 1 rings (SSSR count). The van der Waals surface area contributed by atoms with Crippen LogP contribution in [-0.2, 0) is 0 Å². The third-order valence-electron chi connectivity index (χ3n) is 2.73. The van der Waals surface area contributed by atoms with Crippen LogP contribution in [0.5, 0.6) is 0 Å². The fourth-order valence-electron chi connectivity index (χ4n) is 1.72. The Balaban J connectivity index is 2.14. The quantitative estimate of drug-likeness (QED) is 0.408. The van der Waals surface area contributed by atoms with Gasteiger partial charge in [0.2, 0.25) is 0 Å². The Bertz CT molecular complexity index is 328. The Morgan fingerprint density at radius 1 is 1.12 bits per heavy atom. The minimum atomic E-state index is -0.258. The van der Waals surface area contributed by atoms with E-state index in [2.05, 4.69) is 6.92 Å². The standard InChI is InChI=1S/C14H22FNS/c1-2-3-4-5-6-7-10-17-14-9-8-12(15)11-13(14)16/h8-9,11H,2-7,10,16H2,1H3. The van der Waals surface area contributed by atoms with E-state index in [1.807, 2.05) is 0 Å². The molecule has 0 amide bonds. The van der Waals surface area contributed by atoms with E-state index in [1.165, 1.54) is 50.7 Å². The summed E-state index contributed by atoms with van der Waals surface area (Å²) >= 11 is 1.73. The fraction of sp³-hybridized carbons (Fsp3) is 0.571. The van der Waals surface area contributed by atoms with Crippen LogP contribution in [0.15, 0.2) is 23.1 Å². The van der Waals surface area contributed by atoms with Crippen molar-refractivity contribution < 1.29 is 4.39 Å². The predicted octanol–water partition coefficient (Wildman–Crippen LogP) is 4.86. The van der Waals surface area contributed by atoms with Crippen molar-refractivity contribution in [1.82, 2.24) is 0 Å². The molecule has 17 heavy (non-hydrogen) atoms. The van der Waals surface area contributed by atoms with Crippen LogP contribution in [0.3, 0.4) is 0 Å². The molecular formula is C14H22FNS. The first-order valence-electron chi connectivity index (χ1n) is 6.42. The highest BCUT2D eigenvalue weighted by Crippen LogP contribution is 2.26. The number of anilines is 1. The number of thioether (sulfide) groups is 1. The highest BCUT2D eigenvalue weighted by molar-refractivity contribution is 7.99. The van der Waals surface area contributed by atoms with Gasteiger partial charge in [-0.3, -0.25) is 0 Å². The summed E-state index contributed by atoms with van der Waals surface area (Å²) in [6.07, 6.45) is 7.81. The summed E-state index contributed by atoms with van der Waals surface area (Å²) in [5.74, 6) is 0.813. The summed E-state index contributed by atoms with van der Waals surface area (Å²) in [6.45, 7) is 2.23. The molecule has 0 heterocycles. The second-order valence-corrected chi connectivity index (χ2v) is 5.44. The van der Waals surface area contributed by atoms with E-state index in [9.17, 15) is 4.39 Å². The van der Waals surface area contributed by atoms with Crippen molar-refractivity contribution in [2.45, 2.75) is 50.3 Å².